The van der Waals surface area contributed by atoms with Crippen LogP contribution in [-0.4, -0.2) is 25.0 Å². The van der Waals surface area contributed by atoms with Crippen molar-refractivity contribution in [2.75, 3.05) is 19.5 Å². The highest BCUT2D eigenvalue weighted by molar-refractivity contribution is 6.31. The zero-order valence-corrected chi connectivity index (χ0v) is 17.4. The molecular weight excluding hydrogens is 400 g/mol. The molecule has 0 spiro atoms. The second-order valence-corrected chi connectivity index (χ2v) is 7.28. The van der Waals surface area contributed by atoms with Gasteiger partial charge in [-0.3, -0.25) is 4.79 Å². The minimum Gasteiger partial charge on any atom is -0.497 e. The Morgan fingerprint density at radius 1 is 0.967 bits per heavy atom. The minimum absolute atomic E-state index is 0.0587. The first-order chi connectivity index (χ1) is 14.6. The molecule has 0 fully saturated rings. The van der Waals surface area contributed by atoms with Gasteiger partial charge in [0.15, 0.2) is 5.78 Å². The summed E-state index contributed by atoms with van der Waals surface area (Å²) >= 11 is 6.09. The predicted molar refractivity (Wildman–Crippen MR) is 120 cm³/mol. The Hall–Kier alpha value is -3.44. The molecule has 1 aromatic heterocycles. The summed E-state index contributed by atoms with van der Waals surface area (Å²) in [6, 6.07) is 19.9. The van der Waals surface area contributed by atoms with Crippen LogP contribution in [0.4, 0.5) is 5.69 Å². The number of hydrogen-bond acceptors (Lipinski definition) is 4. The lowest BCUT2D eigenvalue weighted by Gasteiger charge is -2.20. The Labute approximate surface area is 179 Å². The SMILES string of the molecule is COc1cc(NC(C(=O)c2c[nH]c3cc(Cl)ccc23)c2ccccc2)cc(OC)c1. The molecule has 0 aliphatic carbocycles. The topological polar surface area (TPSA) is 63.3 Å². The molecule has 30 heavy (non-hydrogen) atoms. The van der Waals surface area contributed by atoms with E-state index in [2.05, 4.69) is 10.3 Å². The van der Waals surface area contributed by atoms with E-state index in [-0.39, 0.29) is 5.78 Å². The van der Waals surface area contributed by atoms with Crippen LogP contribution in [0.25, 0.3) is 10.9 Å². The number of halogens is 1. The lowest BCUT2D eigenvalue weighted by atomic mass is 9.96. The van der Waals surface area contributed by atoms with Crippen molar-refractivity contribution in [1.82, 2.24) is 4.98 Å². The molecule has 5 nitrogen and oxygen atoms in total. The van der Waals surface area contributed by atoms with Crippen molar-refractivity contribution in [3.63, 3.8) is 0 Å². The van der Waals surface area contributed by atoms with Gasteiger partial charge in [-0.25, -0.2) is 0 Å². The highest BCUT2D eigenvalue weighted by Crippen LogP contribution is 2.32. The number of carbonyl (C=O) groups is 1. The van der Waals surface area contributed by atoms with E-state index in [0.717, 1.165) is 22.2 Å². The van der Waals surface area contributed by atoms with Gasteiger partial charge in [0.2, 0.25) is 0 Å². The van der Waals surface area contributed by atoms with Gasteiger partial charge in [0.05, 0.1) is 14.2 Å². The van der Waals surface area contributed by atoms with Crippen molar-refractivity contribution in [2.24, 2.45) is 0 Å². The third-order valence-corrected chi connectivity index (χ3v) is 5.20. The first-order valence-electron chi connectivity index (χ1n) is 9.44. The van der Waals surface area contributed by atoms with Crippen LogP contribution in [0, 0.1) is 0 Å². The Morgan fingerprint density at radius 3 is 2.33 bits per heavy atom. The molecule has 152 valence electrons. The molecule has 0 aliphatic rings. The van der Waals surface area contributed by atoms with E-state index < -0.39 is 6.04 Å². The van der Waals surface area contributed by atoms with E-state index in [1.165, 1.54) is 0 Å². The van der Waals surface area contributed by atoms with Gasteiger partial charge in [-0.1, -0.05) is 48.0 Å². The van der Waals surface area contributed by atoms with Gasteiger partial charge in [-0.15, -0.1) is 0 Å². The molecule has 0 amide bonds. The number of anilines is 1. The lowest BCUT2D eigenvalue weighted by Crippen LogP contribution is -2.21. The molecule has 0 aliphatic heterocycles. The van der Waals surface area contributed by atoms with Crippen molar-refractivity contribution >= 4 is 34.0 Å². The molecule has 1 unspecified atom stereocenters. The van der Waals surface area contributed by atoms with E-state index in [0.29, 0.717) is 22.1 Å². The first-order valence-corrected chi connectivity index (χ1v) is 9.82. The van der Waals surface area contributed by atoms with Gasteiger partial charge in [-0.05, 0) is 17.7 Å². The fourth-order valence-electron chi connectivity index (χ4n) is 3.46. The molecule has 0 saturated heterocycles. The van der Waals surface area contributed by atoms with Crippen molar-refractivity contribution in [3.05, 3.63) is 89.1 Å². The average Bonchev–Trinajstić information content (AvgIpc) is 3.20. The molecule has 4 rings (SSSR count). The van der Waals surface area contributed by atoms with Crippen molar-refractivity contribution in [1.29, 1.82) is 0 Å². The van der Waals surface area contributed by atoms with Gasteiger partial charge in [0.25, 0.3) is 0 Å². The van der Waals surface area contributed by atoms with Crippen LogP contribution in [0.15, 0.2) is 72.9 Å². The predicted octanol–water partition coefficient (Wildman–Crippen LogP) is 5.87. The van der Waals surface area contributed by atoms with E-state index in [1.54, 1.807) is 32.5 Å². The monoisotopic (exact) mass is 420 g/mol. The number of hydrogen-bond donors (Lipinski definition) is 2. The second kappa shape index (κ2) is 8.51. The largest absolute Gasteiger partial charge is 0.497 e. The summed E-state index contributed by atoms with van der Waals surface area (Å²) in [4.78, 5) is 16.8. The number of ketones is 1. The summed E-state index contributed by atoms with van der Waals surface area (Å²) in [5.41, 5.74) is 2.99. The number of aromatic nitrogens is 1. The summed E-state index contributed by atoms with van der Waals surface area (Å²) in [5.74, 6) is 1.22. The van der Waals surface area contributed by atoms with Crippen LogP contribution in [0.2, 0.25) is 5.02 Å². The summed E-state index contributed by atoms with van der Waals surface area (Å²) in [5, 5.41) is 4.80. The maximum Gasteiger partial charge on any atom is 0.191 e. The first kappa shape index (κ1) is 19.9. The molecule has 1 atom stereocenters. The number of fused-ring (bicyclic) bond motifs is 1. The van der Waals surface area contributed by atoms with E-state index in [9.17, 15) is 4.79 Å². The van der Waals surface area contributed by atoms with Crippen molar-refractivity contribution in [3.8, 4) is 11.5 Å². The number of methoxy groups -OCH3 is 2. The van der Waals surface area contributed by atoms with Gasteiger partial charge in [-0.2, -0.15) is 0 Å². The third kappa shape index (κ3) is 3.98. The number of nitrogens with one attached hydrogen (secondary N) is 2. The third-order valence-electron chi connectivity index (χ3n) is 4.97. The van der Waals surface area contributed by atoms with Crippen LogP contribution in [0.5, 0.6) is 11.5 Å². The highest BCUT2D eigenvalue weighted by atomic mass is 35.5. The summed E-state index contributed by atoms with van der Waals surface area (Å²) < 4.78 is 10.7. The number of ether oxygens (including phenoxy) is 2. The summed E-state index contributed by atoms with van der Waals surface area (Å²) in [6.07, 6.45) is 1.73. The minimum atomic E-state index is -0.599. The Morgan fingerprint density at radius 2 is 1.67 bits per heavy atom. The Balaban J connectivity index is 1.76. The molecular formula is C24H21ClN2O3. The molecule has 1 heterocycles. The van der Waals surface area contributed by atoms with E-state index in [1.807, 2.05) is 54.6 Å². The van der Waals surface area contributed by atoms with Crippen molar-refractivity contribution < 1.29 is 14.3 Å². The van der Waals surface area contributed by atoms with Crippen LogP contribution in [0.3, 0.4) is 0 Å². The van der Waals surface area contributed by atoms with Gasteiger partial charge < -0.3 is 19.8 Å². The molecule has 0 radical (unpaired) electrons. The lowest BCUT2D eigenvalue weighted by molar-refractivity contribution is 0.0971. The van der Waals surface area contributed by atoms with Gasteiger partial charge >= 0.3 is 0 Å². The second-order valence-electron chi connectivity index (χ2n) is 6.85. The highest BCUT2D eigenvalue weighted by Gasteiger charge is 2.25. The molecule has 3 aromatic carbocycles. The smallest absolute Gasteiger partial charge is 0.191 e. The summed E-state index contributed by atoms with van der Waals surface area (Å²) in [7, 11) is 3.19. The standard InChI is InChI=1S/C24H21ClN2O3/c1-29-18-11-17(12-19(13-18)30-2)27-23(15-6-4-3-5-7-15)24(28)21-14-26-22-10-16(25)8-9-20(21)22/h3-14,23,26-27H,1-2H3. The Bertz CT molecular complexity index is 1170. The zero-order valence-electron chi connectivity index (χ0n) is 16.6. The van der Waals surface area contributed by atoms with Gasteiger partial charge in [0, 0.05) is 51.6 Å². The maximum absolute atomic E-state index is 13.6. The number of carbonyl (C=O) groups excluding carboxylic acids is 1. The number of Topliss-reactive ketones (excluding diaryl/α,β-unsaturated/α-hetero) is 1. The van der Waals surface area contributed by atoms with Crippen molar-refractivity contribution in [2.45, 2.75) is 6.04 Å². The molecule has 6 heteroatoms. The normalized spacial score (nSPS) is 11.8. The van der Waals surface area contributed by atoms with Gasteiger partial charge in [0.1, 0.15) is 17.5 Å². The summed E-state index contributed by atoms with van der Waals surface area (Å²) in [6.45, 7) is 0. The molecule has 0 bridgehead atoms. The molecule has 2 N–H and O–H groups in total. The molecule has 0 saturated carbocycles. The fourth-order valence-corrected chi connectivity index (χ4v) is 3.63. The number of rotatable bonds is 7. The Kier molecular flexibility index (Phi) is 5.63. The van der Waals surface area contributed by atoms with E-state index >= 15 is 0 Å². The van der Waals surface area contributed by atoms with Crippen LogP contribution >= 0.6 is 11.6 Å². The fraction of sp³-hybridized carbons (Fsp3) is 0.125. The number of benzene rings is 3. The quantitative estimate of drug-likeness (QED) is 0.367. The zero-order chi connectivity index (χ0) is 21.1. The van der Waals surface area contributed by atoms with Crippen LogP contribution in [-0.2, 0) is 0 Å². The van der Waals surface area contributed by atoms with E-state index in [4.69, 9.17) is 21.1 Å². The average molecular weight is 421 g/mol. The molecule has 4 aromatic rings. The number of H-pyrrole nitrogens is 1. The number of aromatic amines is 1. The van der Waals surface area contributed by atoms with Crippen LogP contribution < -0.4 is 14.8 Å². The van der Waals surface area contributed by atoms with Crippen LogP contribution in [0.1, 0.15) is 22.0 Å². The maximum atomic E-state index is 13.6.